The molecule has 0 unspecified atom stereocenters. The number of nitrogens with zero attached hydrogens (tertiary/aromatic N) is 3. The lowest BCUT2D eigenvalue weighted by molar-refractivity contribution is 0.0678. The number of carbonyl (C=O) groups is 1. The van der Waals surface area contributed by atoms with Crippen LogP contribution in [0.15, 0.2) is 35.1 Å². The molecule has 2 aromatic rings. The Labute approximate surface area is 135 Å². The number of rotatable bonds is 3. The van der Waals surface area contributed by atoms with E-state index in [1.54, 1.807) is 18.5 Å². The minimum absolute atomic E-state index is 0.0123. The summed E-state index contributed by atoms with van der Waals surface area (Å²) in [6.07, 6.45) is 10.8. The summed E-state index contributed by atoms with van der Waals surface area (Å²) in [5.74, 6) is 1.28. The molecule has 5 heteroatoms. The third-order valence-corrected chi connectivity index (χ3v) is 5.18. The lowest BCUT2D eigenvalue weighted by atomic mass is 9.96. The van der Waals surface area contributed by atoms with Crippen LogP contribution in [0.3, 0.4) is 0 Å². The predicted molar refractivity (Wildman–Crippen MR) is 85.8 cm³/mol. The molecule has 1 atom stereocenters. The van der Waals surface area contributed by atoms with Crippen molar-refractivity contribution in [2.75, 3.05) is 6.54 Å². The van der Waals surface area contributed by atoms with E-state index in [0.29, 0.717) is 23.4 Å². The first-order valence-corrected chi connectivity index (χ1v) is 8.51. The third-order valence-electron chi connectivity index (χ3n) is 5.18. The molecule has 120 valence electrons. The Morgan fingerprint density at radius 1 is 1.22 bits per heavy atom. The Kier molecular flexibility index (Phi) is 3.85. The number of hydrogen-bond acceptors (Lipinski definition) is 4. The SMILES string of the molecule is O=C(c1cc(-c2cccnc2)on1)N1CCC[C@H]1C1CCCC1. The molecule has 1 aliphatic heterocycles. The Morgan fingerprint density at radius 2 is 2.09 bits per heavy atom. The molecule has 0 spiro atoms. The van der Waals surface area contributed by atoms with Crippen LogP contribution in [-0.2, 0) is 0 Å². The molecule has 4 rings (SSSR count). The second kappa shape index (κ2) is 6.14. The van der Waals surface area contributed by atoms with Gasteiger partial charge in [0.05, 0.1) is 0 Å². The van der Waals surface area contributed by atoms with Crippen LogP contribution in [0.4, 0.5) is 0 Å². The van der Waals surface area contributed by atoms with Crippen LogP contribution in [0.25, 0.3) is 11.3 Å². The first-order chi connectivity index (χ1) is 11.3. The summed E-state index contributed by atoms with van der Waals surface area (Å²) in [6, 6.07) is 5.88. The summed E-state index contributed by atoms with van der Waals surface area (Å²) in [6.45, 7) is 0.842. The molecule has 1 amide bonds. The molecule has 23 heavy (non-hydrogen) atoms. The summed E-state index contributed by atoms with van der Waals surface area (Å²) < 4.78 is 5.35. The van der Waals surface area contributed by atoms with Gasteiger partial charge in [-0.25, -0.2) is 0 Å². The minimum Gasteiger partial charge on any atom is -0.355 e. The van der Waals surface area contributed by atoms with Gasteiger partial charge in [-0.05, 0) is 43.7 Å². The molecule has 2 aliphatic rings. The van der Waals surface area contributed by atoms with Crippen molar-refractivity contribution in [3.8, 4) is 11.3 Å². The van der Waals surface area contributed by atoms with Crippen molar-refractivity contribution >= 4 is 5.91 Å². The molecule has 1 aliphatic carbocycles. The summed E-state index contributed by atoms with van der Waals surface area (Å²) >= 11 is 0. The Hall–Kier alpha value is -2.17. The molecule has 1 saturated carbocycles. The van der Waals surface area contributed by atoms with Crippen molar-refractivity contribution in [1.82, 2.24) is 15.0 Å². The molecule has 0 aromatic carbocycles. The fourth-order valence-electron chi connectivity index (χ4n) is 4.04. The summed E-state index contributed by atoms with van der Waals surface area (Å²) in [5.41, 5.74) is 1.25. The number of hydrogen-bond donors (Lipinski definition) is 0. The van der Waals surface area contributed by atoms with Crippen molar-refractivity contribution in [3.63, 3.8) is 0 Å². The molecular formula is C18H21N3O2. The van der Waals surface area contributed by atoms with Gasteiger partial charge in [0.15, 0.2) is 11.5 Å². The van der Waals surface area contributed by atoms with Gasteiger partial charge in [-0.15, -0.1) is 0 Å². The maximum Gasteiger partial charge on any atom is 0.276 e. The van der Waals surface area contributed by atoms with E-state index in [1.807, 2.05) is 17.0 Å². The highest BCUT2D eigenvalue weighted by Gasteiger charge is 2.37. The lowest BCUT2D eigenvalue weighted by Gasteiger charge is -2.28. The molecule has 2 fully saturated rings. The number of aromatic nitrogens is 2. The lowest BCUT2D eigenvalue weighted by Crippen LogP contribution is -2.39. The Bertz CT molecular complexity index is 677. The molecule has 1 saturated heterocycles. The quantitative estimate of drug-likeness (QED) is 0.870. The van der Waals surface area contributed by atoms with E-state index in [0.717, 1.165) is 24.9 Å². The highest BCUT2D eigenvalue weighted by Crippen LogP contribution is 2.36. The number of likely N-dealkylation sites (tertiary alicyclic amines) is 1. The van der Waals surface area contributed by atoms with Crippen molar-refractivity contribution in [2.45, 2.75) is 44.6 Å². The summed E-state index contributed by atoms with van der Waals surface area (Å²) in [5, 5.41) is 4.00. The largest absolute Gasteiger partial charge is 0.355 e. The number of pyridine rings is 1. The molecule has 2 aromatic heterocycles. The number of amides is 1. The highest BCUT2D eigenvalue weighted by atomic mass is 16.5. The minimum atomic E-state index is 0.0123. The van der Waals surface area contributed by atoms with E-state index in [-0.39, 0.29) is 5.91 Å². The molecular weight excluding hydrogens is 290 g/mol. The van der Waals surface area contributed by atoms with Crippen LogP contribution in [0.2, 0.25) is 0 Å². The molecule has 3 heterocycles. The fourth-order valence-corrected chi connectivity index (χ4v) is 4.04. The van der Waals surface area contributed by atoms with E-state index >= 15 is 0 Å². The average molecular weight is 311 g/mol. The van der Waals surface area contributed by atoms with Crippen molar-refractivity contribution < 1.29 is 9.32 Å². The van der Waals surface area contributed by atoms with Gasteiger partial charge in [0.1, 0.15) is 0 Å². The van der Waals surface area contributed by atoms with Gasteiger partial charge in [0.25, 0.3) is 5.91 Å². The summed E-state index contributed by atoms with van der Waals surface area (Å²) in [4.78, 5) is 18.9. The Balaban J connectivity index is 1.53. The van der Waals surface area contributed by atoms with Crippen molar-refractivity contribution in [1.29, 1.82) is 0 Å². The van der Waals surface area contributed by atoms with Crippen LogP contribution >= 0.6 is 0 Å². The van der Waals surface area contributed by atoms with E-state index in [1.165, 1.54) is 25.7 Å². The van der Waals surface area contributed by atoms with Crippen LogP contribution in [0, 0.1) is 5.92 Å². The maximum atomic E-state index is 12.8. The van der Waals surface area contributed by atoms with Gasteiger partial charge in [-0.3, -0.25) is 9.78 Å². The van der Waals surface area contributed by atoms with Crippen LogP contribution in [-0.4, -0.2) is 33.5 Å². The first-order valence-electron chi connectivity index (χ1n) is 8.51. The molecule has 5 nitrogen and oxygen atoms in total. The van der Waals surface area contributed by atoms with Gasteiger partial charge in [0.2, 0.25) is 0 Å². The average Bonchev–Trinajstić information content (AvgIpc) is 3.34. The second-order valence-corrected chi connectivity index (χ2v) is 6.57. The zero-order valence-corrected chi connectivity index (χ0v) is 13.1. The van der Waals surface area contributed by atoms with Crippen LogP contribution < -0.4 is 0 Å². The van der Waals surface area contributed by atoms with Crippen LogP contribution in [0.5, 0.6) is 0 Å². The van der Waals surface area contributed by atoms with E-state index in [4.69, 9.17) is 4.52 Å². The second-order valence-electron chi connectivity index (χ2n) is 6.57. The van der Waals surface area contributed by atoms with E-state index in [9.17, 15) is 4.79 Å². The van der Waals surface area contributed by atoms with Crippen LogP contribution in [0.1, 0.15) is 49.0 Å². The van der Waals surface area contributed by atoms with Crippen molar-refractivity contribution in [2.24, 2.45) is 5.92 Å². The highest BCUT2D eigenvalue weighted by molar-refractivity contribution is 5.93. The van der Waals surface area contributed by atoms with Gasteiger partial charge in [-0.2, -0.15) is 0 Å². The zero-order chi connectivity index (χ0) is 15.6. The van der Waals surface area contributed by atoms with Gasteiger partial charge < -0.3 is 9.42 Å². The van der Waals surface area contributed by atoms with Crippen molar-refractivity contribution in [3.05, 3.63) is 36.3 Å². The molecule has 0 N–H and O–H groups in total. The smallest absolute Gasteiger partial charge is 0.276 e. The summed E-state index contributed by atoms with van der Waals surface area (Å²) in [7, 11) is 0. The Morgan fingerprint density at radius 3 is 2.87 bits per heavy atom. The monoisotopic (exact) mass is 311 g/mol. The maximum absolute atomic E-state index is 12.8. The van der Waals surface area contributed by atoms with Gasteiger partial charge >= 0.3 is 0 Å². The molecule has 0 radical (unpaired) electrons. The predicted octanol–water partition coefficient (Wildman–Crippen LogP) is 3.53. The molecule has 0 bridgehead atoms. The normalized spacial score (nSPS) is 21.9. The number of carbonyl (C=O) groups excluding carboxylic acids is 1. The standard InChI is InChI=1S/C18H21N3O2/c22-18(21-10-4-8-16(21)13-5-1-2-6-13)15-11-17(23-20-15)14-7-3-9-19-12-14/h3,7,9,11-13,16H,1-2,4-6,8,10H2/t16-/m0/s1. The van der Waals surface area contributed by atoms with E-state index < -0.39 is 0 Å². The van der Waals surface area contributed by atoms with E-state index in [2.05, 4.69) is 10.1 Å². The fraction of sp³-hybridized carbons (Fsp3) is 0.500. The van der Waals surface area contributed by atoms with Gasteiger partial charge in [0, 0.05) is 36.6 Å². The third kappa shape index (κ3) is 2.76. The first kappa shape index (κ1) is 14.4. The van der Waals surface area contributed by atoms with Gasteiger partial charge in [-0.1, -0.05) is 18.0 Å². The zero-order valence-electron chi connectivity index (χ0n) is 13.1. The topological polar surface area (TPSA) is 59.2 Å².